The lowest BCUT2D eigenvalue weighted by Crippen LogP contribution is -2.53. The Morgan fingerprint density at radius 3 is 3.13 bits per heavy atom. The maximum absolute atomic E-state index is 12.1. The van der Waals surface area contributed by atoms with E-state index < -0.39 is 0 Å². The normalized spacial score (nSPS) is 25.8. The first-order valence-electron chi connectivity index (χ1n) is 8.09. The minimum absolute atomic E-state index is 0.0188. The van der Waals surface area contributed by atoms with Crippen LogP contribution in [0.25, 0.3) is 11.0 Å². The molecule has 1 aromatic carbocycles. The second-order valence-electron chi connectivity index (χ2n) is 6.30. The van der Waals surface area contributed by atoms with Crippen LogP contribution in [0.4, 0.5) is 0 Å². The van der Waals surface area contributed by atoms with Crippen LogP contribution in [0.15, 0.2) is 29.1 Å². The van der Waals surface area contributed by atoms with Gasteiger partial charge in [-0.2, -0.15) is 0 Å². The van der Waals surface area contributed by atoms with E-state index in [0.717, 1.165) is 25.0 Å². The molecule has 1 aliphatic carbocycles. The Kier molecular flexibility index (Phi) is 3.61. The fourth-order valence-electron chi connectivity index (χ4n) is 3.51. The van der Waals surface area contributed by atoms with Gasteiger partial charge in [0.25, 0.3) is 5.56 Å². The predicted molar refractivity (Wildman–Crippen MR) is 85.1 cm³/mol. The number of nitrogens with zero attached hydrogens (tertiary/aromatic N) is 1. The highest BCUT2D eigenvalue weighted by atomic mass is 16.5. The maximum Gasteiger partial charge on any atom is 0.270 e. The van der Waals surface area contributed by atoms with Gasteiger partial charge in [-0.25, -0.2) is 4.98 Å². The van der Waals surface area contributed by atoms with Gasteiger partial charge < -0.3 is 15.0 Å². The molecule has 4 rings (SSSR count). The Morgan fingerprint density at radius 2 is 2.26 bits per heavy atom. The van der Waals surface area contributed by atoms with Crippen LogP contribution in [0, 0.1) is 5.92 Å². The molecule has 6 heteroatoms. The molecule has 3 atom stereocenters. The van der Waals surface area contributed by atoms with Crippen molar-refractivity contribution in [2.24, 2.45) is 5.92 Å². The molecule has 23 heavy (non-hydrogen) atoms. The summed E-state index contributed by atoms with van der Waals surface area (Å²) in [6.45, 7) is 0.804. The molecule has 2 heterocycles. The highest BCUT2D eigenvalue weighted by molar-refractivity contribution is 5.77. The van der Waals surface area contributed by atoms with E-state index in [9.17, 15) is 9.59 Å². The summed E-state index contributed by atoms with van der Waals surface area (Å²) in [5.74, 6) is 0.454. The van der Waals surface area contributed by atoms with Gasteiger partial charge in [-0.1, -0.05) is 12.1 Å². The number of aryl methyl sites for hydroxylation is 1. The number of carbonyl (C=O) groups is 1. The Bertz CT molecular complexity index is 801. The smallest absolute Gasteiger partial charge is 0.270 e. The first-order chi connectivity index (χ1) is 11.2. The van der Waals surface area contributed by atoms with Crippen molar-refractivity contribution in [3.05, 3.63) is 40.3 Å². The summed E-state index contributed by atoms with van der Waals surface area (Å²) < 4.78 is 5.54. The van der Waals surface area contributed by atoms with Crippen molar-refractivity contribution in [3.8, 4) is 0 Å². The van der Waals surface area contributed by atoms with E-state index in [-0.39, 0.29) is 23.9 Å². The molecule has 1 saturated carbocycles. The van der Waals surface area contributed by atoms with Crippen LogP contribution < -0.4 is 10.9 Å². The molecule has 0 spiro atoms. The van der Waals surface area contributed by atoms with Crippen molar-refractivity contribution in [2.75, 3.05) is 6.61 Å². The predicted octanol–water partition coefficient (Wildman–Crippen LogP) is 1.15. The highest BCUT2D eigenvalue weighted by Crippen LogP contribution is 2.38. The van der Waals surface area contributed by atoms with Crippen molar-refractivity contribution in [2.45, 2.75) is 37.8 Å². The fourth-order valence-corrected chi connectivity index (χ4v) is 3.51. The number of ether oxygens (including phenoxy) is 1. The zero-order valence-corrected chi connectivity index (χ0v) is 12.7. The van der Waals surface area contributed by atoms with E-state index in [1.165, 1.54) is 0 Å². The summed E-state index contributed by atoms with van der Waals surface area (Å²) in [7, 11) is 0. The number of amides is 1. The number of benzene rings is 1. The lowest BCUT2D eigenvalue weighted by molar-refractivity contribution is -0.124. The van der Waals surface area contributed by atoms with Gasteiger partial charge in [-0.15, -0.1) is 0 Å². The van der Waals surface area contributed by atoms with Crippen LogP contribution in [0.2, 0.25) is 0 Å². The largest absolute Gasteiger partial charge is 0.378 e. The van der Waals surface area contributed by atoms with Gasteiger partial charge in [0, 0.05) is 31.4 Å². The van der Waals surface area contributed by atoms with Crippen molar-refractivity contribution >= 4 is 16.9 Å². The number of carbonyl (C=O) groups excluding carboxylic acids is 1. The third kappa shape index (κ3) is 2.74. The monoisotopic (exact) mass is 313 g/mol. The average Bonchev–Trinajstić information content (AvgIpc) is 2.91. The second kappa shape index (κ2) is 5.77. The van der Waals surface area contributed by atoms with Gasteiger partial charge in [0.05, 0.1) is 17.1 Å². The number of hydrogen-bond acceptors (Lipinski definition) is 4. The standard InChI is InChI=1S/C17H19N3O3/c21-16(19-14-9-15-10(14)7-8-23-15)6-5-13-17(22)20-12-4-2-1-3-11(12)18-13/h1-4,10,14-15H,5-9H2,(H,19,21)(H,20,22)/t10-,14+,15+/m1/s1. The maximum atomic E-state index is 12.1. The summed E-state index contributed by atoms with van der Waals surface area (Å²) >= 11 is 0. The third-order valence-corrected chi connectivity index (χ3v) is 4.87. The first-order valence-corrected chi connectivity index (χ1v) is 8.09. The van der Waals surface area contributed by atoms with E-state index >= 15 is 0 Å². The molecule has 6 nitrogen and oxygen atoms in total. The van der Waals surface area contributed by atoms with Crippen LogP contribution in [-0.4, -0.2) is 34.6 Å². The highest BCUT2D eigenvalue weighted by Gasteiger charge is 2.45. The lowest BCUT2D eigenvalue weighted by atomic mass is 9.76. The molecule has 2 aliphatic rings. The zero-order valence-electron chi connectivity index (χ0n) is 12.7. The summed E-state index contributed by atoms with van der Waals surface area (Å²) in [5, 5.41) is 3.06. The number of fused-ring (bicyclic) bond motifs is 2. The molecule has 2 fully saturated rings. The topological polar surface area (TPSA) is 84.1 Å². The van der Waals surface area contributed by atoms with Crippen LogP contribution in [0.3, 0.4) is 0 Å². The van der Waals surface area contributed by atoms with Crippen LogP contribution >= 0.6 is 0 Å². The van der Waals surface area contributed by atoms with Crippen molar-refractivity contribution < 1.29 is 9.53 Å². The van der Waals surface area contributed by atoms with E-state index in [1.807, 2.05) is 24.3 Å². The molecule has 2 aromatic rings. The molecule has 0 unspecified atom stereocenters. The van der Waals surface area contributed by atoms with Crippen molar-refractivity contribution in [1.82, 2.24) is 15.3 Å². The van der Waals surface area contributed by atoms with Gasteiger partial charge in [-0.3, -0.25) is 9.59 Å². The Morgan fingerprint density at radius 1 is 1.39 bits per heavy atom. The van der Waals surface area contributed by atoms with E-state index in [0.29, 0.717) is 29.7 Å². The molecule has 1 amide bonds. The molecular weight excluding hydrogens is 294 g/mol. The lowest BCUT2D eigenvalue weighted by Gasteiger charge is -2.39. The van der Waals surface area contributed by atoms with Gasteiger partial charge in [0.1, 0.15) is 5.69 Å². The van der Waals surface area contributed by atoms with E-state index in [2.05, 4.69) is 15.3 Å². The number of aromatic amines is 1. The molecule has 1 saturated heterocycles. The number of para-hydroxylation sites is 2. The zero-order chi connectivity index (χ0) is 15.8. The number of hydrogen-bond donors (Lipinski definition) is 2. The summed E-state index contributed by atoms with van der Waals surface area (Å²) in [4.78, 5) is 31.3. The van der Waals surface area contributed by atoms with E-state index in [1.54, 1.807) is 0 Å². The number of rotatable bonds is 4. The number of aromatic nitrogens is 2. The van der Waals surface area contributed by atoms with Crippen molar-refractivity contribution in [1.29, 1.82) is 0 Å². The van der Waals surface area contributed by atoms with Gasteiger partial charge >= 0.3 is 0 Å². The van der Waals surface area contributed by atoms with Crippen LogP contribution in [0.1, 0.15) is 25.0 Å². The average molecular weight is 313 g/mol. The van der Waals surface area contributed by atoms with Gasteiger partial charge in [-0.05, 0) is 25.0 Å². The molecule has 0 radical (unpaired) electrons. The third-order valence-electron chi connectivity index (χ3n) is 4.87. The minimum Gasteiger partial charge on any atom is -0.378 e. The quantitative estimate of drug-likeness (QED) is 0.887. The summed E-state index contributed by atoms with van der Waals surface area (Å²) in [6.07, 6.45) is 2.91. The van der Waals surface area contributed by atoms with Crippen LogP contribution in [-0.2, 0) is 16.0 Å². The van der Waals surface area contributed by atoms with E-state index in [4.69, 9.17) is 4.74 Å². The molecule has 120 valence electrons. The second-order valence-corrected chi connectivity index (χ2v) is 6.30. The molecule has 1 aliphatic heterocycles. The summed E-state index contributed by atoms with van der Waals surface area (Å²) in [6, 6.07) is 7.63. The molecule has 0 bridgehead atoms. The summed E-state index contributed by atoms with van der Waals surface area (Å²) in [5.41, 5.74) is 1.65. The minimum atomic E-state index is -0.218. The van der Waals surface area contributed by atoms with Gasteiger partial charge in [0.2, 0.25) is 5.91 Å². The SMILES string of the molecule is O=C(CCc1nc2ccccc2[nH]c1=O)N[C@H]1C[C@@H]2OCC[C@H]12. The fraction of sp³-hybridized carbons (Fsp3) is 0.471. The number of H-pyrrole nitrogens is 1. The van der Waals surface area contributed by atoms with Crippen molar-refractivity contribution in [3.63, 3.8) is 0 Å². The van der Waals surface area contributed by atoms with Crippen LogP contribution in [0.5, 0.6) is 0 Å². The Balaban J connectivity index is 1.38. The number of nitrogens with one attached hydrogen (secondary N) is 2. The van der Waals surface area contributed by atoms with Gasteiger partial charge in [0.15, 0.2) is 0 Å². The molecule has 2 N–H and O–H groups in total. The first kappa shape index (κ1) is 14.4. The Labute approximate surface area is 133 Å². The molecule has 1 aromatic heterocycles. The molecular formula is C17H19N3O3. The Hall–Kier alpha value is -2.21.